The van der Waals surface area contributed by atoms with Crippen LogP contribution in [-0.2, 0) is 0 Å². The molecule has 0 amide bonds. The van der Waals surface area contributed by atoms with Crippen LogP contribution in [0.2, 0.25) is 0 Å². The van der Waals surface area contributed by atoms with Gasteiger partial charge in [0.15, 0.2) is 0 Å². The molecule has 2 unspecified atom stereocenters. The van der Waals surface area contributed by atoms with Gasteiger partial charge in [-0.2, -0.15) is 0 Å². The van der Waals surface area contributed by atoms with Crippen LogP contribution >= 0.6 is 0 Å². The fourth-order valence-corrected chi connectivity index (χ4v) is 12.2. The van der Waals surface area contributed by atoms with Gasteiger partial charge in [-0.1, -0.05) is 83.1 Å². The Kier molecular flexibility index (Phi) is 2.03. The molecule has 6 saturated carbocycles. The SMILES string of the molecule is CC1C2(C)C(C)(C)C1(C13C(C)C(C)(C1(C)C)C3(C)C)C2(C)C. The molecular weight excluding hydrogens is 264 g/mol. The summed E-state index contributed by atoms with van der Waals surface area (Å²) in [5, 5.41) is 0. The Morgan fingerprint density at radius 1 is 0.409 bits per heavy atom. The smallest absolute Gasteiger partial charge is 0.00830 e. The van der Waals surface area contributed by atoms with E-state index in [1.54, 1.807) is 0 Å². The quantitative estimate of drug-likeness (QED) is 0.525. The van der Waals surface area contributed by atoms with Crippen LogP contribution in [0.4, 0.5) is 0 Å². The molecule has 22 heavy (non-hydrogen) atoms. The maximum absolute atomic E-state index is 2.60. The Morgan fingerprint density at radius 2 is 0.591 bits per heavy atom. The van der Waals surface area contributed by atoms with Gasteiger partial charge in [-0.3, -0.25) is 0 Å². The minimum Gasteiger partial charge on any atom is -0.0614 e. The average molecular weight is 303 g/mol. The Morgan fingerprint density at radius 3 is 0.727 bits per heavy atom. The third-order valence-corrected chi connectivity index (χ3v) is 12.8. The van der Waals surface area contributed by atoms with Crippen LogP contribution in [0.1, 0.15) is 83.1 Å². The van der Waals surface area contributed by atoms with E-state index in [1.807, 2.05) is 0 Å². The van der Waals surface area contributed by atoms with E-state index in [0.717, 1.165) is 11.8 Å². The third-order valence-electron chi connectivity index (χ3n) is 12.8. The van der Waals surface area contributed by atoms with E-state index >= 15 is 0 Å². The average Bonchev–Trinajstić information content (AvgIpc) is 2.41. The highest BCUT2D eigenvalue weighted by molar-refractivity contribution is 5.53. The van der Waals surface area contributed by atoms with Crippen LogP contribution in [0.5, 0.6) is 0 Å². The van der Waals surface area contributed by atoms with Gasteiger partial charge in [-0.25, -0.2) is 0 Å². The summed E-state index contributed by atoms with van der Waals surface area (Å²) in [6.07, 6.45) is 0. The highest BCUT2D eigenvalue weighted by atomic mass is 15.1. The van der Waals surface area contributed by atoms with Crippen molar-refractivity contribution >= 4 is 0 Å². The lowest BCUT2D eigenvalue weighted by molar-refractivity contribution is -0.639. The van der Waals surface area contributed by atoms with Gasteiger partial charge in [-0.05, 0) is 55.2 Å². The summed E-state index contributed by atoms with van der Waals surface area (Å²) >= 11 is 0. The summed E-state index contributed by atoms with van der Waals surface area (Å²) in [5.74, 6) is 1.71. The maximum Gasteiger partial charge on any atom is -0.00830 e. The van der Waals surface area contributed by atoms with Crippen molar-refractivity contribution in [1.82, 2.24) is 0 Å². The van der Waals surface area contributed by atoms with Crippen molar-refractivity contribution < 1.29 is 0 Å². The molecule has 0 aliphatic heterocycles. The van der Waals surface area contributed by atoms with E-state index in [4.69, 9.17) is 0 Å². The lowest BCUT2D eigenvalue weighted by Gasteiger charge is -3.10. The topological polar surface area (TPSA) is 0 Å². The molecular formula is C22H38. The van der Waals surface area contributed by atoms with Crippen molar-refractivity contribution in [1.29, 1.82) is 0 Å². The van der Waals surface area contributed by atoms with Gasteiger partial charge in [0.25, 0.3) is 0 Å². The molecule has 0 N–H and O–H groups in total. The monoisotopic (exact) mass is 302 g/mol. The molecule has 0 aromatic heterocycles. The van der Waals surface area contributed by atoms with Gasteiger partial charge in [0, 0.05) is 0 Å². The molecule has 0 heterocycles. The molecule has 6 fully saturated rings. The second-order valence-electron chi connectivity index (χ2n) is 12.0. The van der Waals surface area contributed by atoms with E-state index in [1.165, 1.54) is 0 Å². The molecule has 0 aromatic carbocycles. The molecule has 0 saturated heterocycles. The summed E-state index contributed by atoms with van der Waals surface area (Å²) in [6, 6.07) is 0. The Bertz CT molecular complexity index is 512. The van der Waals surface area contributed by atoms with Gasteiger partial charge in [0.2, 0.25) is 0 Å². The van der Waals surface area contributed by atoms with E-state index < -0.39 is 0 Å². The van der Waals surface area contributed by atoms with Crippen molar-refractivity contribution in [3.8, 4) is 0 Å². The van der Waals surface area contributed by atoms with Crippen LogP contribution in [0.15, 0.2) is 0 Å². The predicted molar refractivity (Wildman–Crippen MR) is 94.5 cm³/mol. The van der Waals surface area contributed by atoms with Crippen LogP contribution in [-0.4, -0.2) is 0 Å². The minimum atomic E-state index is 0.466. The highest BCUT2D eigenvalue weighted by Gasteiger charge is 3.07. The molecule has 6 rings (SSSR count). The molecule has 0 heteroatoms. The van der Waals surface area contributed by atoms with Crippen molar-refractivity contribution in [3.05, 3.63) is 0 Å². The van der Waals surface area contributed by atoms with Gasteiger partial charge in [-0.15, -0.1) is 0 Å². The predicted octanol–water partition coefficient (Wildman–Crippen LogP) is 6.40. The number of rotatable bonds is 1. The standard InChI is InChI=1S/C22H38/c1-13-19(11)15(3,4)21(13,16(19,5)6)22-14(2)20(12,17(22,7)8)18(22,9)10/h13-14H,1-12H3. The Labute approximate surface area is 138 Å². The first-order valence-electron chi connectivity index (χ1n) is 9.56. The van der Waals surface area contributed by atoms with Crippen LogP contribution in [0.3, 0.4) is 0 Å². The van der Waals surface area contributed by atoms with Crippen molar-refractivity contribution in [2.24, 2.45) is 55.2 Å². The van der Waals surface area contributed by atoms with E-state index in [0.29, 0.717) is 43.3 Å². The Hall–Kier alpha value is 0. The lowest BCUT2D eigenvalue weighted by atomic mass is 8.93. The number of hydrogen-bond acceptors (Lipinski definition) is 0. The fourth-order valence-electron chi connectivity index (χ4n) is 12.2. The fraction of sp³-hybridized carbons (Fsp3) is 1.00. The van der Waals surface area contributed by atoms with Crippen LogP contribution in [0.25, 0.3) is 0 Å². The van der Waals surface area contributed by atoms with Crippen LogP contribution < -0.4 is 0 Å². The van der Waals surface area contributed by atoms with E-state index in [2.05, 4.69) is 83.1 Å². The summed E-state index contributed by atoms with van der Waals surface area (Å²) in [4.78, 5) is 0. The van der Waals surface area contributed by atoms with Crippen LogP contribution in [0, 0.1) is 55.2 Å². The van der Waals surface area contributed by atoms with Crippen molar-refractivity contribution in [2.45, 2.75) is 83.1 Å². The first-order chi connectivity index (χ1) is 9.56. The van der Waals surface area contributed by atoms with Gasteiger partial charge in [0.05, 0.1) is 0 Å². The van der Waals surface area contributed by atoms with Gasteiger partial charge in [0.1, 0.15) is 0 Å². The zero-order chi connectivity index (χ0) is 17.2. The number of hydrogen-bond donors (Lipinski definition) is 0. The van der Waals surface area contributed by atoms with Crippen molar-refractivity contribution in [3.63, 3.8) is 0 Å². The summed E-state index contributed by atoms with van der Waals surface area (Å²) in [6.45, 7) is 31.1. The van der Waals surface area contributed by atoms with Gasteiger partial charge >= 0.3 is 0 Å². The highest BCUT2D eigenvalue weighted by Crippen LogP contribution is 3.11. The van der Waals surface area contributed by atoms with E-state index in [-0.39, 0.29) is 0 Å². The van der Waals surface area contributed by atoms with Crippen molar-refractivity contribution in [2.75, 3.05) is 0 Å². The summed E-state index contributed by atoms with van der Waals surface area (Å²) in [7, 11) is 0. The molecule has 0 aromatic rings. The van der Waals surface area contributed by atoms with Gasteiger partial charge < -0.3 is 0 Å². The molecule has 4 bridgehead atoms. The molecule has 0 spiro atoms. The second-order valence-corrected chi connectivity index (χ2v) is 12.0. The third kappa shape index (κ3) is 0.655. The first kappa shape index (κ1) is 15.5. The summed E-state index contributed by atoms with van der Waals surface area (Å²) < 4.78 is 0. The lowest BCUT2D eigenvalue weighted by Crippen LogP contribution is -3.07. The molecule has 0 nitrogen and oxygen atoms in total. The molecule has 2 atom stereocenters. The first-order valence-corrected chi connectivity index (χ1v) is 9.56. The second kappa shape index (κ2) is 2.88. The normalized spacial score (nSPS) is 63.8. The largest absolute Gasteiger partial charge is 0.0614 e. The maximum atomic E-state index is 2.60. The summed E-state index contributed by atoms with van der Waals surface area (Å²) in [5.41, 5.74) is 3.85. The molecule has 0 radical (unpaired) electrons. The molecule has 6 aliphatic carbocycles. The van der Waals surface area contributed by atoms with E-state index in [9.17, 15) is 0 Å². The zero-order valence-corrected chi connectivity index (χ0v) is 17.2. The zero-order valence-electron chi connectivity index (χ0n) is 17.2. The Balaban J connectivity index is 2.01. The minimum absolute atomic E-state index is 0.466. The molecule has 126 valence electrons. The molecule has 6 aliphatic rings.